The lowest BCUT2D eigenvalue weighted by atomic mass is 10.2. The molecule has 140 valence electrons. The Morgan fingerprint density at radius 3 is 2.43 bits per heavy atom. The second-order valence-electron chi connectivity index (χ2n) is 6.07. The molecule has 0 aliphatic rings. The van der Waals surface area contributed by atoms with Gasteiger partial charge in [0.2, 0.25) is 5.82 Å². The largest absolute Gasteiger partial charge is 0.493 e. The Kier molecular flexibility index (Phi) is 5.01. The average Bonchev–Trinajstić information content (AvgIpc) is 3.24. The van der Waals surface area contributed by atoms with Crippen molar-refractivity contribution in [2.75, 3.05) is 7.11 Å². The van der Waals surface area contributed by atoms with Gasteiger partial charge >= 0.3 is 0 Å². The average molecular weight is 376 g/mol. The molecule has 0 aliphatic carbocycles. The van der Waals surface area contributed by atoms with Crippen LogP contribution in [0, 0.1) is 5.82 Å². The van der Waals surface area contributed by atoms with Crippen LogP contribution in [0.3, 0.4) is 0 Å². The van der Waals surface area contributed by atoms with E-state index >= 15 is 0 Å². The smallest absolute Gasteiger partial charge is 0.258 e. The number of hydrogen-bond donors (Lipinski definition) is 0. The van der Waals surface area contributed by atoms with E-state index < -0.39 is 0 Å². The number of hydrogen-bond acceptors (Lipinski definition) is 5. The van der Waals surface area contributed by atoms with Gasteiger partial charge in [0.25, 0.3) is 5.89 Å². The van der Waals surface area contributed by atoms with Crippen LogP contribution in [0.25, 0.3) is 22.8 Å². The molecule has 5 nitrogen and oxygen atoms in total. The third kappa shape index (κ3) is 3.86. The zero-order chi connectivity index (χ0) is 19.3. The van der Waals surface area contributed by atoms with Crippen molar-refractivity contribution in [1.82, 2.24) is 10.1 Å². The van der Waals surface area contributed by atoms with Gasteiger partial charge in [-0.15, -0.1) is 0 Å². The van der Waals surface area contributed by atoms with Crippen LogP contribution in [0.15, 0.2) is 77.3 Å². The third-order valence-corrected chi connectivity index (χ3v) is 4.18. The number of methoxy groups -OCH3 is 1. The summed E-state index contributed by atoms with van der Waals surface area (Å²) in [6, 6.07) is 21.1. The van der Waals surface area contributed by atoms with Crippen LogP contribution in [0.2, 0.25) is 0 Å². The third-order valence-electron chi connectivity index (χ3n) is 4.18. The fourth-order valence-corrected chi connectivity index (χ4v) is 2.71. The van der Waals surface area contributed by atoms with Gasteiger partial charge in [0.05, 0.1) is 7.11 Å². The molecule has 0 bridgehead atoms. The Morgan fingerprint density at radius 1 is 0.893 bits per heavy atom. The van der Waals surface area contributed by atoms with Crippen molar-refractivity contribution < 1.29 is 18.4 Å². The molecular formula is C22H17FN2O3. The first kappa shape index (κ1) is 17.7. The minimum atomic E-state index is -0.277. The van der Waals surface area contributed by atoms with Crippen molar-refractivity contribution in [3.63, 3.8) is 0 Å². The molecule has 0 saturated carbocycles. The van der Waals surface area contributed by atoms with Crippen molar-refractivity contribution in [2.24, 2.45) is 0 Å². The van der Waals surface area contributed by atoms with Crippen molar-refractivity contribution in [1.29, 1.82) is 0 Å². The Hall–Kier alpha value is -3.67. The maximum atomic E-state index is 13.0. The number of nitrogens with zero attached hydrogens (tertiary/aromatic N) is 2. The Morgan fingerprint density at radius 2 is 1.68 bits per heavy atom. The molecule has 0 atom stereocenters. The van der Waals surface area contributed by atoms with E-state index in [0.717, 1.165) is 16.7 Å². The number of halogens is 1. The van der Waals surface area contributed by atoms with E-state index in [-0.39, 0.29) is 5.82 Å². The summed E-state index contributed by atoms with van der Waals surface area (Å²) in [5.74, 6) is 1.75. The number of rotatable bonds is 6. The van der Waals surface area contributed by atoms with Gasteiger partial charge in [-0.1, -0.05) is 35.5 Å². The molecule has 0 amide bonds. The molecule has 1 heterocycles. The van der Waals surface area contributed by atoms with Crippen LogP contribution >= 0.6 is 0 Å². The molecule has 0 fully saturated rings. The van der Waals surface area contributed by atoms with E-state index in [0.29, 0.717) is 29.8 Å². The zero-order valence-electron chi connectivity index (χ0n) is 15.1. The minimum Gasteiger partial charge on any atom is -0.493 e. The molecule has 28 heavy (non-hydrogen) atoms. The summed E-state index contributed by atoms with van der Waals surface area (Å²) >= 11 is 0. The van der Waals surface area contributed by atoms with Gasteiger partial charge in [-0.2, -0.15) is 4.98 Å². The van der Waals surface area contributed by atoms with Crippen LogP contribution in [-0.2, 0) is 6.61 Å². The number of ether oxygens (including phenoxy) is 2. The van der Waals surface area contributed by atoms with Crippen LogP contribution < -0.4 is 9.47 Å². The Bertz CT molecular complexity index is 1060. The van der Waals surface area contributed by atoms with Gasteiger partial charge in [0, 0.05) is 11.1 Å². The molecule has 0 spiro atoms. The molecule has 6 heteroatoms. The highest BCUT2D eigenvalue weighted by Gasteiger charge is 2.13. The summed E-state index contributed by atoms with van der Waals surface area (Å²) in [5.41, 5.74) is 2.46. The SMILES string of the molecule is COc1cc(-c2noc(-c3ccccc3)n2)ccc1OCc1ccc(F)cc1. The summed E-state index contributed by atoms with van der Waals surface area (Å²) in [7, 11) is 1.56. The highest BCUT2D eigenvalue weighted by atomic mass is 19.1. The first-order valence-corrected chi connectivity index (χ1v) is 8.68. The van der Waals surface area contributed by atoms with Crippen LogP contribution in [0.4, 0.5) is 4.39 Å². The van der Waals surface area contributed by atoms with E-state index in [1.807, 2.05) is 36.4 Å². The molecule has 0 aliphatic heterocycles. The summed E-state index contributed by atoms with van der Waals surface area (Å²) in [4.78, 5) is 4.45. The molecule has 0 N–H and O–H groups in total. The number of benzene rings is 3. The monoisotopic (exact) mass is 376 g/mol. The zero-order valence-corrected chi connectivity index (χ0v) is 15.1. The Balaban J connectivity index is 1.53. The van der Waals surface area contributed by atoms with Gasteiger partial charge in [0.15, 0.2) is 11.5 Å². The van der Waals surface area contributed by atoms with E-state index in [1.54, 1.807) is 31.4 Å². The minimum absolute atomic E-state index is 0.277. The van der Waals surface area contributed by atoms with E-state index in [9.17, 15) is 4.39 Å². The highest BCUT2D eigenvalue weighted by molar-refractivity contribution is 5.63. The normalized spacial score (nSPS) is 10.6. The standard InChI is InChI=1S/C22H17FN2O3/c1-26-20-13-17(21-24-22(28-25-21)16-5-3-2-4-6-16)9-12-19(20)27-14-15-7-10-18(23)11-8-15/h2-13H,14H2,1H3. The molecule has 0 saturated heterocycles. The summed E-state index contributed by atoms with van der Waals surface area (Å²) in [6.45, 7) is 0.302. The lowest BCUT2D eigenvalue weighted by Gasteiger charge is -2.11. The maximum Gasteiger partial charge on any atom is 0.258 e. The Labute approximate surface area is 161 Å². The fourth-order valence-electron chi connectivity index (χ4n) is 2.71. The second-order valence-corrected chi connectivity index (χ2v) is 6.07. The van der Waals surface area contributed by atoms with Gasteiger partial charge < -0.3 is 14.0 Å². The van der Waals surface area contributed by atoms with Crippen molar-refractivity contribution in [3.8, 4) is 34.3 Å². The summed E-state index contributed by atoms with van der Waals surface area (Å²) in [6.07, 6.45) is 0. The number of aromatic nitrogens is 2. The van der Waals surface area contributed by atoms with Gasteiger partial charge in [0.1, 0.15) is 12.4 Å². The molecular weight excluding hydrogens is 359 g/mol. The predicted molar refractivity (Wildman–Crippen MR) is 102 cm³/mol. The highest BCUT2D eigenvalue weighted by Crippen LogP contribution is 2.32. The lowest BCUT2D eigenvalue weighted by molar-refractivity contribution is 0.284. The van der Waals surface area contributed by atoms with Crippen LogP contribution in [-0.4, -0.2) is 17.3 Å². The second kappa shape index (κ2) is 7.92. The predicted octanol–water partition coefficient (Wildman–Crippen LogP) is 5.13. The molecule has 1 aromatic heterocycles. The van der Waals surface area contributed by atoms with E-state index in [2.05, 4.69) is 10.1 Å². The maximum absolute atomic E-state index is 13.0. The molecule has 0 unspecified atom stereocenters. The molecule has 3 aromatic carbocycles. The van der Waals surface area contributed by atoms with Crippen LogP contribution in [0.1, 0.15) is 5.56 Å². The van der Waals surface area contributed by atoms with Gasteiger partial charge in [-0.25, -0.2) is 4.39 Å². The van der Waals surface area contributed by atoms with Crippen molar-refractivity contribution in [3.05, 3.63) is 84.2 Å². The molecule has 4 aromatic rings. The van der Waals surface area contributed by atoms with Crippen molar-refractivity contribution >= 4 is 0 Å². The molecule has 4 rings (SSSR count). The van der Waals surface area contributed by atoms with E-state index in [4.69, 9.17) is 14.0 Å². The van der Waals surface area contributed by atoms with Crippen LogP contribution in [0.5, 0.6) is 11.5 Å². The van der Waals surface area contributed by atoms with E-state index in [1.165, 1.54) is 12.1 Å². The quantitative estimate of drug-likeness (QED) is 0.467. The first-order chi connectivity index (χ1) is 13.7. The van der Waals surface area contributed by atoms with Crippen molar-refractivity contribution in [2.45, 2.75) is 6.61 Å². The topological polar surface area (TPSA) is 57.4 Å². The van der Waals surface area contributed by atoms with Gasteiger partial charge in [-0.05, 0) is 48.0 Å². The van der Waals surface area contributed by atoms with Gasteiger partial charge in [-0.3, -0.25) is 0 Å². The summed E-state index contributed by atoms with van der Waals surface area (Å²) < 4.78 is 29.6. The lowest BCUT2D eigenvalue weighted by Crippen LogP contribution is -1.98. The molecule has 0 radical (unpaired) electrons. The fraction of sp³-hybridized carbons (Fsp3) is 0.0909. The first-order valence-electron chi connectivity index (χ1n) is 8.68. The summed E-state index contributed by atoms with van der Waals surface area (Å²) in [5, 5.41) is 4.05.